The second-order valence-corrected chi connectivity index (χ2v) is 8.19. The SMILES string of the molecule is COc1cc(C=CC(=O)OCC(=O)c2cc(C)n(CC3COc4ccccc4O3)c2C)ccc1O. The van der Waals surface area contributed by atoms with Crippen LogP contribution in [-0.4, -0.2) is 47.9 Å². The number of carbonyl (C=O) groups excluding carboxylic acids is 2. The zero-order valence-electron chi connectivity index (χ0n) is 19.8. The molecule has 182 valence electrons. The van der Waals surface area contributed by atoms with Gasteiger partial charge in [0.2, 0.25) is 5.78 Å². The fourth-order valence-corrected chi connectivity index (χ4v) is 3.95. The molecule has 3 aromatic rings. The van der Waals surface area contributed by atoms with Crippen LogP contribution in [0.15, 0.2) is 54.6 Å². The van der Waals surface area contributed by atoms with E-state index in [1.165, 1.54) is 25.3 Å². The minimum absolute atomic E-state index is 0.00261. The fourth-order valence-electron chi connectivity index (χ4n) is 3.95. The molecule has 1 aromatic heterocycles. The summed E-state index contributed by atoms with van der Waals surface area (Å²) < 4.78 is 24.0. The third kappa shape index (κ3) is 5.48. The number of rotatable bonds is 8. The Kier molecular flexibility index (Phi) is 7.10. The first-order valence-electron chi connectivity index (χ1n) is 11.2. The Morgan fingerprint density at radius 3 is 2.69 bits per heavy atom. The number of carbonyl (C=O) groups is 2. The van der Waals surface area contributed by atoms with E-state index in [9.17, 15) is 14.7 Å². The molecule has 1 aliphatic rings. The van der Waals surface area contributed by atoms with Crippen LogP contribution in [0, 0.1) is 13.8 Å². The van der Waals surface area contributed by atoms with Crippen LogP contribution in [0.1, 0.15) is 27.3 Å². The number of hydrogen-bond acceptors (Lipinski definition) is 7. The summed E-state index contributed by atoms with van der Waals surface area (Å²) in [5.41, 5.74) is 2.82. The van der Waals surface area contributed by atoms with Crippen LogP contribution in [-0.2, 0) is 16.1 Å². The highest BCUT2D eigenvalue weighted by molar-refractivity contribution is 6.00. The standard InChI is InChI=1S/C27H27NO7/c1-17-12-21(18(2)28(17)14-20-15-33-24-6-4-5-7-25(24)35-20)23(30)16-34-27(31)11-9-19-8-10-22(29)26(13-19)32-3/h4-13,20,29H,14-16H2,1-3H3. The van der Waals surface area contributed by atoms with Gasteiger partial charge in [0, 0.05) is 23.0 Å². The summed E-state index contributed by atoms with van der Waals surface area (Å²) in [5.74, 6) is 0.784. The number of Topliss-reactive ketones (excluding diaryl/α,β-unsaturated/α-hetero) is 1. The number of aryl methyl sites for hydroxylation is 1. The van der Waals surface area contributed by atoms with Gasteiger partial charge < -0.3 is 28.6 Å². The van der Waals surface area contributed by atoms with E-state index in [1.807, 2.05) is 42.7 Å². The summed E-state index contributed by atoms with van der Waals surface area (Å²) in [7, 11) is 1.44. The van der Waals surface area contributed by atoms with Crippen molar-refractivity contribution in [3.05, 3.63) is 77.1 Å². The number of nitrogens with zero attached hydrogens (tertiary/aromatic N) is 1. The van der Waals surface area contributed by atoms with Gasteiger partial charge in [0.25, 0.3) is 0 Å². The van der Waals surface area contributed by atoms with Crippen molar-refractivity contribution in [3.8, 4) is 23.0 Å². The van der Waals surface area contributed by atoms with Gasteiger partial charge in [0.05, 0.1) is 13.7 Å². The lowest BCUT2D eigenvalue weighted by Crippen LogP contribution is -2.33. The van der Waals surface area contributed by atoms with Gasteiger partial charge in [-0.15, -0.1) is 0 Å². The molecule has 1 unspecified atom stereocenters. The number of ether oxygens (including phenoxy) is 4. The van der Waals surface area contributed by atoms with E-state index in [1.54, 1.807) is 18.2 Å². The molecule has 0 spiro atoms. The minimum atomic E-state index is -0.648. The molecule has 35 heavy (non-hydrogen) atoms. The molecule has 2 aromatic carbocycles. The van der Waals surface area contributed by atoms with E-state index in [-0.39, 0.29) is 24.2 Å². The van der Waals surface area contributed by atoms with Gasteiger partial charge in [-0.25, -0.2) is 4.79 Å². The van der Waals surface area contributed by atoms with Crippen LogP contribution in [0.4, 0.5) is 0 Å². The normalized spacial score (nSPS) is 14.7. The van der Waals surface area contributed by atoms with E-state index >= 15 is 0 Å². The Hall–Kier alpha value is -4.20. The zero-order chi connectivity index (χ0) is 24.9. The number of esters is 1. The summed E-state index contributed by atoms with van der Waals surface area (Å²) >= 11 is 0. The molecular weight excluding hydrogens is 450 g/mol. The quantitative estimate of drug-likeness (QED) is 0.296. The molecule has 1 N–H and O–H groups in total. The number of para-hydroxylation sites is 2. The number of phenolic OH excluding ortho intramolecular Hbond substituents is 1. The minimum Gasteiger partial charge on any atom is -0.504 e. The van der Waals surface area contributed by atoms with Crippen molar-refractivity contribution in [3.63, 3.8) is 0 Å². The Labute approximate surface area is 203 Å². The average Bonchev–Trinajstić information content (AvgIpc) is 3.15. The van der Waals surface area contributed by atoms with Crippen molar-refractivity contribution < 1.29 is 33.6 Å². The second kappa shape index (κ2) is 10.4. The Balaban J connectivity index is 1.35. The van der Waals surface area contributed by atoms with Crippen molar-refractivity contribution in [2.24, 2.45) is 0 Å². The van der Waals surface area contributed by atoms with Crippen molar-refractivity contribution >= 4 is 17.8 Å². The summed E-state index contributed by atoms with van der Waals surface area (Å²) in [5, 5.41) is 9.65. The first-order valence-corrected chi connectivity index (χ1v) is 11.2. The number of aromatic nitrogens is 1. The highest BCUT2D eigenvalue weighted by Crippen LogP contribution is 2.32. The number of fused-ring (bicyclic) bond motifs is 1. The summed E-state index contributed by atoms with van der Waals surface area (Å²) in [6.45, 7) is 4.34. The van der Waals surface area contributed by atoms with Gasteiger partial charge in [0.15, 0.2) is 35.7 Å². The van der Waals surface area contributed by atoms with Crippen LogP contribution in [0.2, 0.25) is 0 Å². The molecule has 0 fully saturated rings. The van der Waals surface area contributed by atoms with Gasteiger partial charge in [0.1, 0.15) is 6.61 Å². The lowest BCUT2D eigenvalue weighted by Gasteiger charge is -2.27. The molecule has 0 amide bonds. The van der Waals surface area contributed by atoms with Crippen molar-refractivity contribution in [2.75, 3.05) is 20.3 Å². The average molecular weight is 478 g/mol. The molecular formula is C27H27NO7. The number of hydrogen-bond donors (Lipinski definition) is 1. The predicted octanol–water partition coefficient (Wildman–Crippen LogP) is 4.10. The molecule has 8 nitrogen and oxygen atoms in total. The Morgan fingerprint density at radius 1 is 1.14 bits per heavy atom. The number of benzene rings is 2. The molecule has 0 radical (unpaired) electrons. The van der Waals surface area contributed by atoms with Crippen LogP contribution in [0.25, 0.3) is 6.08 Å². The molecule has 0 saturated carbocycles. The van der Waals surface area contributed by atoms with E-state index in [4.69, 9.17) is 18.9 Å². The topological polar surface area (TPSA) is 96.2 Å². The van der Waals surface area contributed by atoms with Gasteiger partial charge in [-0.3, -0.25) is 4.79 Å². The number of phenols is 1. The first-order chi connectivity index (χ1) is 16.9. The van der Waals surface area contributed by atoms with Crippen molar-refractivity contribution in [2.45, 2.75) is 26.5 Å². The summed E-state index contributed by atoms with van der Waals surface area (Å²) in [4.78, 5) is 24.9. The number of ketones is 1. The molecule has 1 atom stereocenters. The van der Waals surface area contributed by atoms with Crippen LogP contribution >= 0.6 is 0 Å². The number of methoxy groups -OCH3 is 1. The van der Waals surface area contributed by atoms with E-state index in [0.29, 0.717) is 35.8 Å². The maximum atomic E-state index is 12.8. The predicted molar refractivity (Wildman–Crippen MR) is 129 cm³/mol. The smallest absolute Gasteiger partial charge is 0.331 e. The largest absolute Gasteiger partial charge is 0.504 e. The molecule has 0 aliphatic carbocycles. The van der Waals surface area contributed by atoms with Crippen LogP contribution < -0.4 is 14.2 Å². The van der Waals surface area contributed by atoms with E-state index < -0.39 is 5.97 Å². The van der Waals surface area contributed by atoms with Gasteiger partial charge in [-0.1, -0.05) is 18.2 Å². The lowest BCUT2D eigenvalue weighted by atomic mass is 10.1. The van der Waals surface area contributed by atoms with Gasteiger partial charge >= 0.3 is 5.97 Å². The van der Waals surface area contributed by atoms with Gasteiger partial charge in [-0.2, -0.15) is 0 Å². The maximum absolute atomic E-state index is 12.8. The monoisotopic (exact) mass is 477 g/mol. The van der Waals surface area contributed by atoms with Crippen molar-refractivity contribution in [1.29, 1.82) is 0 Å². The highest BCUT2D eigenvalue weighted by atomic mass is 16.6. The summed E-state index contributed by atoms with van der Waals surface area (Å²) in [6, 6.07) is 14.0. The van der Waals surface area contributed by atoms with Gasteiger partial charge in [-0.05, 0) is 55.8 Å². The zero-order valence-corrected chi connectivity index (χ0v) is 19.8. The molecule has 4 rings (SSSR count). The molecule has 8 heteroatoms. The maximum Gasteiger partial charge on any atom is 0.331 e. The third-order valence-electron chi connectivity index (χ3n) is 5.79. The molecule has 0 saturated heterocycles. The van der Waals surface area contributed by atoms with Crippen LogP contribution in [0.5, 0.6) is 23.0 Å². The lowest BCUT2D eigenvalue weighted by molar-refractivity contribution is -0.136. The molecule has 0 bridgehead atoms. The highest BCUT2D eigenvalue weighted by Gasteiger charge is 2.24. The van der Waals surface area contributed by atoms with E-state index in [2.05, 4.69) is 0 Å². The Bertz CT molecular complexity index is 1270. The third-order valence-corrected chi connectivity index (χ3v) is 5.79. The Morgan fingerprint density at radius 2 is 1.91 bits per heavy atom. The molecule has 2 heterocycles. The van der Waals surface area contributed by atoms with Crippen LogP contribution in [0.3, 0.4) is 0 Å². The second-order valence-electron chi connectivity index (χ2n) is 8.19. The van der Waals surface area contributed by atoms with Crippen molar-refractivity contribution in [1.82, 2.24) is 4.57 Å². The molecule has 1 aliphatic heterocycles. The fraction of sp³-hybridized carbons (Fsp3) is 0.259. The van der Waals surface area contributed by atoms with E-state index in [0.717, 1.165) is 17.1 Å². The number of aromatic hydroxyl groups is 1. The first kappa shape index (κ1) is 23.9. The summed E-state index contributed by atoms with van der Waals surface area (Å²) in [6.07, 6.45) is 2.55.